The third-order valence-corrected chi connectivity index (χ3v) is 5.32. The fourth-order valence-electron chi connectivity index (χ4n) is 4.38. The summed E-state index contributed by atoms with van der Waals surface area (Å²) in [5.74, 6) is 3.12. The fraction of sp³-hybridized carbons (Fsp3) is 1.00. The number of hydrogen-bond donors (Lipinski definition) is 1. The summed E-state index contributed by atoms with van der Waals surface area (Å²) < 4.78 is 0. The standard InChI is InChI=1S/C14H25N/c1-10(12-4-2-3-5-12)15-14-9-11-6-7-13(14)8-11/h10-15H,2-9H2,1H3/t10-,11?,13?,14?/m0/s1. The Hall–Kier alpha value is -0.0400. The molecule has 3 rings (SSSR count). The molecule has 0 radical (unpaired) electrons. The second-order valence-corrected chi connectivity index (χ2v) is 6.28. The molecule has 0 aromatic heterocycles. The van der Waals surface area contributed by atoms with Crippen molar-refractivity contribution in [2.24, 2.45) is 17.8 Å². The van der Waals surface area contributed by atoms with Crippen LogP contribution >= 0.6 is 0 Å². The summed E-state index contributed by atoms with van der Waals surface area (Å²) in [4.78, 5) is 0. The minimum atomic E-state index is 0.789. The molecular formula is C14H25N. The Bertz CT molecular complexity index is 219. The number of hydrogen-bond acceptors (Lipinski definition) is 1. The second-order valence-electron chi connectivity index (χ2n) is 6.28. The molecule has 3 saturated carbocycles. The first-order chi connectivity index (χ1) is 7.33. The van der Waals surface area contributed by atoms with Crippen LogP contribution in [0.4, 0.5) is 0 Å². The Morgan fingerprint density at radius 3 is 2.40 bits per heavy atom. The van der Waals surface area contributed by atoms with Gasteiger partial charge < -0.3 is 5.32 Å². The van der Waals surface area contributed by atoms with Gasteiger partial charge in [-0.2, -0.15) is 0 Å². The van der Waals surface area contributed by atoms with Crippen LogP contribution in [0.15, 0.2) is 0 Å². The Morgan fingerprint density at radius 1 is 1.00 bits per heavy atom. The zero-order valence-corrected chi connectivity index (χ0v) is 10.0. The Kier molecular flexibility index (Phi) is 2.76. The molecule has 1 heteroatoms. The van der Waals surface area contributed by atoms with Crippen molar-refractivity contribution in [2.45, 2.75) is 70.4 Å². The molecule has 0 amide bonds. The third kappa shape index (κ3) is 1.95. The van der Waals surface area contributed by atoms with Gasteiger partial charge in [0.25, 0.3) is 0 Å². The molecule has 3 fully saturated rings. The highest BCUT2D eigenvalue weighted by Crippen LogP contribution is 2.45. The monoisotopic (exact) mass is 207 g/mol. The zero-order chi connectivity index (χ0) is 10.3. The highest BCUT2D eigenvalue weighted by molar-refractivity contribution is 4.95. The first-order valence-corrected chi connectivity index (χ1v) is 7.09. The van der Waals surface area contributed by atoms with E-state index in [-0.39, 0.29) is 0 Å². The van der Waals surface area contributed by atoms with Crippen LogP contribution in [-0.2, 0) is 0 Å². The van der Waals surface area contributed by atoms with Crippen LogP contribution in [0.2, 0.25) is 0 Å². The van der Waals surface area contributed by atoms with Gasteiger partial charge in [0.15, 0.2) is 0 Å². The minimum Gasteiger partial charge on any atom is -0.311 e. The zero-order valence-electron chi connectivity index (χ0n) is 10.0. The van der Waals surface area contributed by atoms with Gasteiger partial charge >= 0.3 is 0 Å². The van der Waals surface area contributed by atoms with E-state index in [1.165, 1.54) is 51.4 Å². The lowest BCUT2D eigenvalue weighted by Gasteiger charge is -2.29. The molecule has 15 heavy (non-hydrogen) atoms. The summed E-state index contributed by atoms with van der Waals surface area (Å²) >= 11 is 0. The van der Waals surface area contributed by atoms with Crippen LogP contribution < -0.4 is 5.32 Å². The van der Waals surface area contributed by atoms with Crippen LogP contribution in [0, 0.1) is 17.8 Å². The Morgan fingerprint density at radius 2 is 1.80 bits per heavy atom. The van der Waals surface area contributed by atoms with Gasteiger partial charge in [-0.15, -0.1) is 0 Å². The van der Waals surface area contributed by atoms with Crippen molar-refractivity contribution < 1.29 is 0 Å². The van der Waals surface area contributed by atoms with Gasteiger partial charge in [0.2, 0.25) is 0 Å². The molecule has 3 unspecified atom stereocenters. The quantitative estimate of drug-likeness (QED) is 0.748. The molecule has 1 N–H and O–H groups in total. The molecule has 2 bridgehead atoms. The SMILES string of the molecule is C[C@H](NC1CC2CCC1C2)C1CCCC1. The lowest BCUT2D eigenvalue weighted by atomic mass is 9.92. The summed E-state index contributed by atoms with van der Waals surface area (Å²) in [5, 5.41) is 3.95. The molecule has 0 heterocycles. The van der Waals surface area contributed by atoms with E-state index in [9.17, 15) is 0 Å². The summed E-state index contributed by atoms with van der Waals surface area (Å²) in [6.07, 6.45) is 12.0. The van der Waals surface area contributed by atoms with Crippen LogP contribution in [-0.4, -0.2) is 12.1 Å². The van der Waals surface area contributed by atoms with Gasteiger partial charge in [-0.25, -0.2) is 0 Å². The molecule has 0 aromatic carbocycles. The first-order valence-electron chi connectivity index (χ1n) is 7.09. The van der Waals surface area contributed by atoms with Gasteiger partial charge in [-0.1, -0.05) is 19.3 Å². The molecule has 0 spiro atoms. The van der Waals surface area contributed by atoms with Crippen molar-refractivity contribution in [3.05, 3.63) is 0 Å². The van der Waals surface area contributed by atoms with Crippen LogP contribution in [0.25, 0.3) is 0 Å². The number of fused-ring (bicyclic) bond motifs is 2. The van der Waals surface area contributed by atoms with Gasteiger partial charge in [0, 0.05) is 12.1 Å². The van der Waals surface area contributed by atoms with Crippen molar-refractivity contribution in [2.75, 3.05) is 0 Å². The van der Waals surface area contributed by atoms with E-state index < -0.39 is 0 Å². The summed E-state index contributed by atoms with van der Waals surface area (Å²) in [5.41, 5.74) is 0. The molecule has 86 valence electrons. The van der Waals surface area contributed by atoms with E-state index in [4.69, 9.17) is 0 Å². The number of nitrogens with one attached hydrogen (secondary N) is 1. The van der Waals surface area contributed by atoms with Crippen LogP contribution in [0.3, 0.4) is 0 Å². The maximum Gasteiger partial charge on any atom is 0.0101 e. The average molecular weight is 207 g/mol. The average Bonchev–Trinajstić information content (AvgIpc) is 2.95. The molecule has 1 nitrogen and oxygen atoms in total. The van der Waals surface area contributed by atoms with E-state index in [2.05, 4.69) is 12.2 Å². The largest absolute Gasteiger partial charge is 0.311 e. The maximum absolute atomic E-state index is 3.95. The van der Waals surface area contributed by atoms with E-state index in [1.54, 1.807) is 0 Å². The Balaban J connectivity index is 1.52. The predicted octanol–water partition coefficient (Wildman–Crippen LogP) is 3.34. The van der Waals surface area contributed by atoms with E-state index >= 15 is 0 Å². The highest BCUT2D eigenvalue weighted by atomic mass is 15.0. The number of rotatable bonds is 3. The third-order valence-electron chi connectivity index (χ3n) is 5.32. The maximum atomic E-state index is 3.95. The van der Waals surface area contributed by atoms with Crippen molar-refractivity contribution in [1.82, 2.24) is 5.32 Å². The summed E-state index contributed by atoms with van der Waals surface area (Å²) in [6, 6.07) is 1.68. The van der Waals surface area contributed by atoms with E-state index in [0.29, 0.717) is 0 Å². The lowest BCUT2D eigenvalue weighted by molar-refractivity contribution is 0.279. The normalized spacial score (nSPS) is 42.6. The van der Waals surface area contributed by atoms with Gasteiger partial charge in [-0.3, -0.25) is 0 Å². The van der Waals surface area contributed by atoms with Crippen LogP contribution in [0.1, 0.15) is 58.3 Å². The molecule has 3 aliphatic rings. The van der Waals surface area contributed by atoms with Crippen molar-refractivity contribution in [1.29, 1.82) is 0 Å². The summed E-state index contributed by atoms with van der Waals surface area (Å²) in [7, 11) is 0. The molecule has 0 saturated heterocycles. The van der Waals surface area contributed by atoms with E-state index in [1.807, 2.05) is 0 Å². The molecule has 3 aliphatic carbocycles. The highest BCUT2D eigenvalue weighted by Gasteiger charge is 2.40. The molecule has 4 atom stereocenters. The Labute approximate surface area is 94.0 Å². The van der Waals surface area contributed by atoms with Crippen LogP contribution in [0.5, 0.6) is 0 Å². The second kappa shape index (κ2) is 4.08. The summed E-state index contributed by atoms with van der Waals surface area (Å²) in [6.45, 7) is 2.43. The molecular weight excluding hydrogens is 182 g/mol. The van der Waals surface area contributed by atoms with Gasteiger partial charge in [-0.05, 0) is 56.8 Å². The minimum absolute atomic E-state index is 0.789. The van der Waals surface area contributed by atoms with Crippen molar-refractivity contribution in [3.63, 3.8) is 0 Å². The molecule has 0 aliphatic heterocycles. The van der Waals surface area contributed by atoms with E-state index in [0.717, 1.165) is 29.8 Å². The molecule has 0 aromatic rings. The van der Waals surface area contributed by atoms with Crippen molar-refractivity contribution in [3.8, 4) is 0 Å². The van der Waals surface area contributed by atoms with Gasteiger partial charge in [0.1, 0.15) is 0 Å². The smallest absolute Gasteiger partial charge is 0.0101 e. The predicted molar refractivity (Wildman–Crippen MR) is 63.8 cm³/mol. The van der Waals surface area contributed by atoms with Gasteiger partial charge in [0.05, 0.1) is 0 Å². The van der Waals surface area contributed by atoms with Crippen molar-refractivity contribution >= 4 is 0 Å². The lowest BCUT2D eigenvalue weighted by Crippen LogP contribution is -2.43. The topological polar surface area (TPSA) is 12.0 Å². The fourth-order valence-corrected chi connectivity index (χ4v) is 4.38. The first kappa shape index (κ1) is 10.1.